The molecule has 2 rings (SSSR count). The number of carbonyl (C=O) groups excluding carboxylic acids is 1. The van der Waals surface area contributed by atoms with E-state index in [1.165, 1.54) is 4.31 Å². The van der Waals surface area contributed by atoms with Crippen LogP contribution in [-0.2, 0) is 14.8 Å². The molecule has 0 saturated carbocycles. The number of nitrogens with one attached hydrogen (secondary N) is 1. The predicted molar refractivity (Wildman–Crippen MR) is 119 cm³/mol. The summed E-state index contributed by atoms with van der Waals surface area (Å²) in [6.07, 6.45) is 1.10. The van der Waals surface area contributed by atoms with Crippen molar-refractivity contribution in [3.63, 3.8) is 0 Å². The van der Waals surface area contributed by atoms with Crippen LogP contribution in [0.5, 0.6) is 11.5 Å². The predicted octanol–water partition coefficient (Wildman–Crippen LogP) is 3.35. The van der Waals surface area contributed by atoms with Gasteiger partial charge in [0, 0.05) is 5.56 Å². The molecular weight excluding hydrogens is 404 g/mol. The van der Waals surface area contributed by atoms with Gasteiger partial charge >= 0.3 is 0 Å². The first-order valence-corrected chi connectivity index (χ1v) is 11.4. The minimum Gasteiger partial charge on any atom is -0.497 e. The van der Waals surface area contributed by atoms with Crippen molar-refractivity contribution in [2.24, 2.45) is 0 Å². The average Bonchev–Trinajstić information content (AvgIpc) is 2.68. The molecule has 30 heavy (non-hydrogen) atoms. The third-order valence-corrected chi connectivity index (χ3v) is 6.18. The first-order valence-electron chi connectivity index (χ1n) is 9.58. The number of anilines is 1. The normalized spacial score (nSPS) is 13.3. The van der Waals surface area contributed by atoms with Crippen LogP contribution in [0.15, 0.2) is 36.4 Å². The van der Waals surface area contributed by atoms with Gasteiger partial charge in [-0.15, -0.1) is 0 Å². The van der Waals surface area contributed by atoms with E-state index < -0.39 is 28.0 Å². The van der Waals surface area contributed by atoms with Gasteiger partial charge in [0.15, 0.2) is 0 Å². The number of methoxy groups -OCH3 is 2. The van der Waals surface area contributed by atoms with Crippen LogP contribution in [-0.4, -0.2) is 40.8 Å². The lowest BCUT2D eigenvalue weighted by molar-refractivity contribution is -0.122. The summed E-state index contributed by atoms with van der Waals surface area (Å²) in [7, 11) is -0.587. The molecule has 0 heterocycles. The fourth-order valence-electron chi connectivity index (χ4n) is 3.33. The minimum absolute atomic E-state index is 0.418. The molecule has 0 spiro atoms. The molecule has 0 fully saturated rings. The average molecular weight is 435 g/mol. The van der Waals surface area contributed by atoms with Crippen LogP contribution in [0.2, 0.25) is 0 Å². The number of benzene rings is 2. The molecule has 164 valence electrons. The highest BCUT2D eigenvalue weighted by Gasteiger charge is 2.31. The zero-order valence-corrected chi connectivity index (χ0v) is 19.3. The van der Waals surface area contributed by atoms with Crippen molar-refractivity contribution in [2.75, 3.05) is 24.8 Å². The monoisotopic (exact) mass is 434 g/mol. The van der Waals surface area contributed by atoms with Gasteiger partial charge in [-0.25, -0.2) is 8.42 Å². The number of amides is 1. The Labute approximate surface area is 179 Å². The second-order valence-corrected chi connectivity index (χ2v) is 9.22. The third-order valence-electron chi connectivity index (χ3n) is 4.95. The van der Waals surface area contributed by atoms with Crippen LogP contribution >= 0.6 is 0 Å². The van der Waals surface area contributed by atoms with Crippen LogP contribution in [0.3, 0.4) is 0 Å². The molecule has 2 aromatic rings. The molecule has 0 aliphatic carbocycles. The fourth-order valence-corrected chi connectivity index (χ4v) is 4.55. The second kappa shape index (κ2) is 9.38. The molecule has 0 radical (unpaired) electrons. The van der Waals surface area contributed by atoms with Gasteiger partial charge in [-0.1, -0.05) is 12.1 Å². The van der Waals surface area contributed by atoms with Crippen molar-refractivity contribution in [3.05, 3.63) is 53.1 Å². The minimum atomic E-state index is -3.70. The highest BCUT2D eigenvalue weighted by Crippen LogP contribution is 2.30. The van der Waals surface area contributed by atoms with E-state index in [1.807, 2.05) is 32.9 Å². The smallest absolute Gasteiger partial charge is 0.244 e. The first kappa shape index (κ1) is 23.5. The molecule has 0 aliphatic heterocycles. The van der Waals surface area contributed by atoms with Crippen molar-refractivity contribution in [1.82, 2.24) is 5.32 Å². The van der Waals surface area contributed by atoms with Gasteiger partial charge in [0.1, 0.15) is 17.5 Å². The third kappa shape index (κ3) is 5.24. The maximum Gasteiger partial charge on any atom is 0.244 e. The molecule has 2 aromatic carbocycles. The van der Waals surface area contributed by atoms with Gasteiger partial charge in [-0.2, -0.15) is 0 Å². The van der Waals surface area contributed by atoms with Crippen molar-refractivity contribution in [3.8, 4) is 11.5 Å². The highest BCUT2D eigenvalue weighted by molar-refractivity contribution is 7.92. The maximum atomic E-state index is 13.0. The second-order valence-electron chi connectivity index (χ2n) is 7.36. The lowest BCUT2D eigenvalue weighted by Crippen LogP contribution is -2.48. The summed E-state index contributed by atoms with van der Waals surface area (Å²) in [5.74, 6) is 0.817. The van der Waals surface area contributed by atoms with E-state index in [-0.39, 0.29) is 0 Å². The SMILES string of the molecule is COc1ccc(OC)c([C@H](C)NC(=O)[C@H](C)N(c2cc(C)ccc2C)S(C)(=O)=O)c1. The van der Waals surface area contributed by atoms with E-state index in [1.54, 1.807) is 45.4 Å². The highest BCUT2D eigenvalue weighted by atomic mass is 32.2. The summed E-state index contributed by atoms with van der Waals surface area (Å²) < 4.78 is 37.0. The van der Waals surface area contributed by atoms with Gasteiger partial charge < -0.3 is 14.8 Å². The van der Waals surface area contributed by atoms with E-state index in [0.29, 0.717) is 17.2 Å². The van der Waals surface area contributed by atoms with Crippen molar-refractivity contribution in [1.29, 1.82) is 0 Å². The Bertz CT molecular complexity index is 1020. The summed E-state index contributed by atoms with van der Waals surface area (Å²) in [5.41, 5.74) is 2.90. The molecular formula is C22H30N2O5S. The topological polar surface area (TPSA) is 84.9 Å². The number of hydrogen-bond acceptors (Lipinski definition) is 5. The zero-order valence-electron chi connectivity index (χ0n) is 18.5. The van der Waals surface area contributed by atoms with Gasteiger partial charge in [0.05, 0.1) is 32.2 Å². The number of carbonyl (C=O) groups is 1. The summed E-state index contributed by atoms with van der Waals surface area (Å²) in [4.78, 5) is 13.0. The van der Waals surface area contributed by atoms with Gasteiger partial charge in [0.25, 0.3) is 0 Å². The van der Waals surface area contributed by atoms with Crippen molar-refractivity contribution < 1.29 is 22.7 Å². The quantitative estimate of drug-likeness (QED) is 0.689. The van der Waals surface area contributed by atoms with E-state index in [9.17, 15) is 13.2 Å². The molecule has 1 amide bonds. The lowest BCUT2D eigenvalue weighted by Gasteiger charge is -2.31. The van der Waals surface area contributed by atoms with Gasteiger partial charge in [0.2, 0.25) is 15.9 Å². The molecule has 0 bridgehead atoms. The van der Waals surface area contributed by atoms with Crippen LogP contribution in [0.4, 0.5) is 5.69 Å². The molecule has 2 atom stereocenters. The Morgan fingerprint density at radius 3 is 2.27 bits per heavy atom. The number of nitrogens with zero attached hydrogens (tertiary/aromatic N) is 1. The largest absolute Gasteiger partial charge is 0.497 e. The van der Waals surface area contributed by atoms with Crippen LogP contribution in [0.25, 0.3) is 0 Å². The number of aryl methyl sites for hydroxylation is 2. The Kier molecular flexibility index (Phi) is 7.36. The maximum absolute atomic E-state index is 13.0. The Morgan fingerprint density at radius 1 is 1.03 bits per heavy atom. The Balaban J connectivity index is 2.35. The van der Waals surface area contributed by atoms with Crippen molar-refractivity contribution >= 4 is 21.6 Å². The zero-order chi connectivity index (χ0) is 22.6. The summed E-state index contributed by atoms with van der Waals surface area (Å²) in [6, 6.07) is 9.47. The molecule has 0 unspecified atom stereocenters. The standard InChI is InChI=1S/C22H30N2O5S/c1-14-8-9-15(2)20(12-14)24(30(7,26)27)17(4)22(25)23-16(3)19-13-18(28-5)10-11-21(19)29-6/h8-13,16-17H,1-7H3,(H,23,25)/t16-,17-/m0/s1. The lowest BCUT2D eigenvalue weighted by atomic mass is 10.1. The Hall–Kier alpha value is -2.74. The number of hydrogen-bond donors (Lipinski definition) is 1. The Morgan fingerprint density at radius 2 is 1.70 bits per heavy atom. The van der Waals surface area contributed by atoms with E-state index in [2.05, 4.69) is 5.32 Å². The first-order chi connectivity index (χ1) is 14.0. The summed E-state index contributed by atoms with van der Waals surface area (Å²) in [6.45, 7) is 7.09. The number of sulfonamides is 1. The van der Waals surface area contributed by atoms with Crippen LogP contribution < -0.4 is 19.1 Å². The summed E-state index contributed by atoms with van der Waals surface area (Å²) >= 11 is 0. The van der Waals surface area contributed by atoms with E-state index in [4.69, 9.17) is 9.47 Å². The molecule has 8 heteroatoms. The van der Waals surface area contributed by atoms with Crippen molar-refractivity contribution in [2.45, 2.75) is 39.8 Å². The van der Waals surface area contributed by atoms with Gasteiger partial charge in [-0.05, 0) is 63.1 Å². The van der Waals surface area contributed by atoms with Gasteiger partial charge in [-0.3, -0.25) is 9.10 Å². The fraction of sp³-hybridized carbons (Fsp3) is 0.409. The van der Waals surface area contributed by atoms with Crippen LogP contribution in [0.1, 0.15) is 36.6 Å². The summed E-state index contributed by atoms with van der Waals surface area (Å²) in [5, 5.41) is 2.90. The number of rotatable bonds is 8. The molecule has 0 saturated heterocycles. The van der Waals surface area contributed by atoms with E-state index >= 15 is 0 Å². The molecule has 0 aliphatic rings. The molecule has 7 nitrogen and oxygen atoms in total. The van der Waals surface area contributed by atoms with E-state index in [0.717, 1.165) is 22.9 Å². The van der Waals surface area contributed by atoms with Crippen LogP contribution in [0, 0.1) is 13.8 Å². The molecule has 0 aromatic heterocycles. The molecule has 1 N–H and O–H groups in total. The number of ether oxygens (including phenoxy) is 2.